The van der Waals surface area contributed by atoms with Crippen LogP contribution < -0.4 is 4.74 Å². The molecular formula is C17H25NO3. The Hall–Kier alpha value is -1.55. The zero-order chi connectivity index (χ0) is 15.2. The summed E-state index contributed by atoms with van der Waals surface area (Å²) in [5, 5.41) is 10.1. The molecule has 1 amide bonds. The minimum Gasteiger partial charge on any atom is -0.494 e. The highest BCUT2D eigenvalue weighted by Crippen LogP contribution is 2.24. The predicted molar refractivity (Wildman–Crippen MR) is 82.6 cm³/mol. The standard InChI is InChI=1S/C17H25NO3/c1-3-12-21-14-10-8-13(9-11-14)17(20)18(2)15-6-4-5-7-16(15)19/h8-11,15-16,19H,3-7,12H2,1-2H3. The molecule has 0 saturated heterocycles. The number of nitrogens with zero attached hydrogens (tertiary/aromatic N) is 1. The van der Waals surface area contributed by atoms with Gasteiger partial charge in [-0.2, -0.15) is 0 Å². The largest absolute Gasteiger partial charge is 0.494 e. The molecule has 0 aromatic heterocycles. The van der Waals surface area contributed by atoms with Crippen LogP contribution in [-0.4, -0.2) is 41.7 Å². The van der Waals surface area contributed by atoms with Crippen LogP contribution in [0.5, 0.6) is 5.75 Å². The summed E-state index contributed by atoms with van der Waals surface area (Å²) in [5.41, 5.74) is 0.638. The number of likely N-dealkylation sites (N-methyl/N-ethyl adjacent to an activating group) is 1. The van der Waals surface area contributed by atoms with Crippen LogP contribution in [0.3, 0.4) is 0 Å². The Labute approximate surface area is 126 Å². The summed E-state index contributed by atoms with van der Waals surface area (Å²) < 4.78 is 5.52. The molecule has 0 aliphatic heterocycles. The average Bonchev–Trinajstić information content (AvgIpc) is 2.52. The van der Waals surface area contributed by atoms with Gasteiger partial charge in [0.05, 0.1) is 18.8 Å². The van der Waals surface area contributed by atoms with Crippen LogP contribution in [0.4, 0.5) is 0 Å². The van der Waals surface area contributed by atoms with Crippen molar-refractivity contribution in [1.82, 2.24) is 4.90 Å². The van der Waals surface area contributed by atoms with Crippen molar-refractivity contribution in [2.75, 3.05) is 13.7 Å². The van der Waals surface area contributed by atoms with Gasteiger partial charge in [-0.05, 0) is 43.5 Å². The number of hydrogen-bond donors (Lipinski definition) is 1. The summed E-state index contributed by atoms with van der Waals surface area (Å²) in [7, 11) is 1.78. The van der Waals surface area contributed by atoms with Gasteiger partial charge in [-0.1, -0.05) is 19.8 Å². The van der Waals surface area contributed by atoms with E-state index in [-0.39, 0.29) is 11.9 Å². The molecule has 1 aromatic carbocycles. The molecule has 1 fully saturated rings. The van der Waals surface area contributed by atoms with Crippen LogP contribution >= 0.6 is 0 Å². The summed E-state index contributed by atoms with van der Waals surface area (Å²) in [4.78, 5) is 14.2. The SMILES string of the molecule is CCCOc1ccc(C(=O)N(C)C2CCCCC2O)cc1. The minimum absolute atomic E-state index is 0.0389. The lowest BCUT2D eigenvalue weighted by molar-refractivity contribution is 0.0268. The number of carbonyl (C=O) groups is 1. The highest BCUT2D eigenvalue weighted by molar-refractivity contribution is 5.94. The van der Waals surface area contributed by atoms with Gasteiger partial charge in [0.15, 0.2) is 0 Å². The van der Waals surface area contributed by atoms with Crippen molar-refractivity contribution in [2.45, 2.75) is 51.2 Å². The monoisotopic (exact) mass is 291 g/mol. The van der Waals surface area contributed by atoms with Gasteiger partial charge in [-0.3, -0.25) is 4.79 Å². The summed E-state index contributed by atoms with van der Waals surface area (Å²) >= 11 is 0. The van der Waals surface area contributed by atoms with Gasteiger partial charge in [-0.15, -0.1) is 0 Å². The van der Waals surface area contributed by atoms with Crippen LogP contribution in [0, 0.1) is 0 Å². The molecule has 21 heavy (non-hydrogen) atoms. The number of aliphatic hydroxyl groups excluding tert-OH is 1. The average molecular weight is 291 g/mol. The second kappa shape index (κ2) is 7.46. The van der Waals surface area contributed by atoms with E-state index in [1.807, 2.05) is 12.1 Å². The van der Waals surface area contributed by atoms with E-state index in [1.165, 1.54) is 0 Å². The minimum atomic E-state index is -0.403. The highest BCUT2D eigenvalue weighted by atomic mass is 16.5. The molecule has 0 heterocycles. The lowest BCUT2D eigenvalue weighted by Gasteiger charge is -2.35. The number of carbonyl (C=O) groups excluding carboxylic acids is 1. The van der Waals surface area contributed by atoms with E-state index < -0.39 is 6.10 Å². The number of amides is 1. The van der Waals surface area contributed by atoms with Gasteiger partial charge in [0.2, 0.25) is 0 Å². The first-order valence-corrected chi connectivity index (χ1v) is 7.81. The molecule has 0 spiro atoms. The quantitative estimate of drug-likeness (QED) is 0.907. The Morgan fingerprint density at radius 1 is 1.29 bits per heavy atom. The maximum Gasteiger partial charge on any atom is 0.253 e. The third-order valence-electron chi connectivity index (χ3n) is 4.09. The molecule has 2 rings (SSSR count). The number of benzene rings is 1. The van der Waals surface area contributed by atoms with Crippen molar-refractivity contribution in [1.29, 1.82) is 0 Å². The van der Waals surface area contributed by atoms with E-state index in [2.05, 4.69) is 6.92 Å². The zero-order valence-electron chi connectivity index (χ0n) is 12.9. The number of hydrogen-bond acceptors (Lipinski definition) is 3. The molecular weight excluding hydrogens is 266 g/mol. The normalized spacial score (nSPS) is 21.9. The fourth-order valence-corrected chi connectivity index (χ4v) is 2.81. The van der Waals surface area contributed by atoms with Crippen molar-refractivity contribution in [3.05, 3.63) is 29.8 Å². The molecule has 116 valence electrons. The fourth-order valence-electron chi connectivity index (χ4n) is 2.81. The van der Waals surface area contributed by atoms with E-state index in [0.717, 1.165) is 37.9 Å². The van der Waals surface area contributed by atoms with Crippen molar-refractivity contribution in [2.24, 2.45) is 0 Å². The Morgan fingerprint density at radius 3 is 2.57 bits per heavy atom. The van der Waals surface area contributed by atoms with Crippen molar-refractivity contribution >= 4 is 5.91 Å². The second-order valence-corrected chi connectivity index (χ2v) is 5.71. The van der Waals surface area contributed by atoms with Gasteiger partial charge in [0.1, 0.15) is 5.75 Å². The van der Waals surface area contributed by atoms with E-state index in [4.69, 9.17) is 4.74 Å². The molecule has 1 aromatic rings. The van der Waals surface area contributed by atoms with Gasteiger partial charge in [0, 0.05) is 12.6 Å². The first-order valence-electron chi connectivity index (χ1n) is 7.81. The van der Waals surface area contributed by atoms with Gasteiger partial charge in [-0.25, -0.2) is 0 Å². The van der Waals surface area contributed by atoms with E-state index in [1.54, 1.807) is 24.1 Å². The number of rotatable bonds is 5. The van der Waals surface area contributed by atoms with Crippen molar-refractivity contribution < 1.29 is 14.6 Å². The third kappa shape index (κ3) is 3.97. The Kier molecular flexibility index (Phi) is 5.62. The van der Waals surface area contributed by atoms with Gasteiger partial charge < -0.3 is 14.7 Å². The molecule has 1 aliphatic carbocycles. The van der Waals surface area contributed by atoms with Crippen LogP contribution in [0.1, 0.15) is 49.4 Å². The zero-order valence-corrected chi connectivity index (χ0v) is 12.9. The molecule has 0 radical (unpaired) electrons. The van der Waals surface area contributed by atoms with E-state index >= 15 is 0 Å². The molecule has 4 nitrogen and oxygen atoms in total. The van der Waals surface area contributed by atoms with Crippen LogP contribution in [0.25, 0.3) is 0 Å². The predicted octanol–water partition coefficient (Wildman–Crippen LogP) is 2.85. The lowest BCUT2D eigenvalue weighted by atomic mass is 9.91. The van der Waals surface area contributed by atoms with E-state index in [9.17, 15) is 9.90 Å². The molecule has 2 atom stereocenters. The molecule has 4 heteroatoms. The van der Waals surface area contributed by atoms with Crippen molar-refractivity contribution in [3.63, 3.8) is 0 Å². The summed E-state index contributed by atoms with van der Waals surface area (Å²) in [6.45, 7) is 2.74. The first-order chi connectivity index (χ1) is 10.1. The topological polar surface area (TPSA) is 49.8 Å². The van der Waals surface area contributed by atoms with E-state index in [0.29, 0.717) is 12.2 Å². The molecule has 1 N–H and O–H groups in total. The highest BCUT2D eigenvalue weighted by Gasteiger charge is 2.29. The summed E-state index contributed by atoms with van der Waals surface area (Å²) in [6, 6.07) is 7.17. The molecule has 0 bridgehead atoms. The maximum absolute atomic E-state index is 12.5. The number of aliphatic hydroxyl groups is 1. The lowest BCUT2D eigenvalue weighted by Crippen LogP contribution is -2.46. The molecule has 1 aliphatic rings. The Morgan fingerprint density at radius 2 is 1.95 bits per heavy atom. The second-order valence-electron chi connectivity index (χ2n) is 5.71. The Balaban J connectivity index is 2.01. The first kappa shape index (κ1) is 15.8. The van der Waals surface area contributed by atoms with Gasteiger partial charge in [0.25, 0.3) is 5.91 Å². The van der Waals surface area contributed by atoms with Crippen LogP contribution in [0.15, 0.2) is 24.3 Å². The molecule has 1 saturated carbocycles. The van der Waals surface area contributed by atoms with Crippen LogP contribution in [0.2, 0.25) is 0 Å². The molecule has 2 unspecified atom stereocenters. The summed E-state index contributed by atoms with van der Waals surface area (Å²) in [5.74, 6) is 0.747. The van der Waals surface area contributed by atoms with Gasteiger partial charge >= 0.3 is 0 Å². The third-order valence-corrected chi connectivity index (χ3v) is 4.09. The van der Waals surface area contributed by atoms with Crippen LogP contribution in [-0.2, 0) is 0 Å². The van der Waals surface area contributed by atoms with Crippen molar-refractivity contribution in [3.8, 4) is 5.75 Å². The Bertz CT molecular complexity index is 458. The number of ether oxygens (including phenoxy) is 1. The fraction of sp³-hybridized carbons (Fsp3) is 0.588. The summed E-state index contributed by atoms with van der Waals surface area (Å²) in [6.07, 6.45) is 4.34. The smallest absolute Gasteiger partial charge is 0.253 e. The maximum atomic E-state index is 12.5.